The summed E-state index contributed by atoms with van der Waals surface area (Å²) in [6.45, 7) is 3.63. The molecule has 1 aromatic heterocycles. The molecule has 1 aliphatic rings. The molecule has 0 bridgehead atoms. The number of nitrogens with zero attached hydrogens (tertiary/aromatic N) is 4. The lowest BCUT2D eigenvalue weighted by Crippen LogP contribution is -2.49. The van der Waals surface area contributed by atoms with E-state index < -0.39 is 10.0 Å². The molecule has 0 saturated carbocycles. The Morgan fingerprint density at radius 1 is 0.931 bits per heavy atom. The Morgan fingerprint density at radius 3 is 2.31 bits per heavy atom. The molecule has 2 aromatic carbocycles. The molecule has 29 heavy (non-hydrogen) atoms. The van der Waals surface area contributed by atoms with Gasteiger partial charge in [-0.25, -0.2) is 22.8 Å². The Hall–Kier alpha value is -2.84. The molecule has 0 radical (unpaired) electrons. The van der Waals surface area contributed by atoms with Crippen LogP contribution in [0.15, 0.2) is 65.8 Å². The third-order valence-electron chi connectivity index (χ3n) is 5.07. The summed E-state index contributed by atoms with van der Waals surface area (Å²) < 4.78 is 40.6. The maximum atomic E-state index is 13.2. The molecule has 0 atom stereocenters. The van der Waals surface area contributed by atoms with Gasteiger partial charge in [0, 0.05) is 37.8 Å². The van der Waals surface area contributed by atoms with Gasteiger partial charge in [0.2, 0.25) is 10.0 Å². The van der Waals surface area contributed by atoms with Crippen molar-refractivity contribution in [3.63, 3.8) is 0 Å². The average molecular weight is 412 g/mol. The zero-order chi connectivity index (χ0) is 20.4. The van der Waals surface area contributed by atoms with Gasteiger partial charge in [-0.2, -0.15) is 4.31 Å². The SMILES string of the molecule is Cc1ccccc1S(=O)(=O)N1CCN(c2cc(-c3ccc(F)cc3)ncn2)CC1. The lowest BCUT2D eigenvalue weighted by Gasteiger charge is -2.34. The first kappa shape index (κ1) is 19.5. The van der Waals surface area contributed by atoms with E-state index in [-0.39, 0.29) is 5.82 Å². The first-order chi connectivity index (χ1) is 13.9. The molecule has 150 valence electrons. The number of anilines is 1. The second-order valence-corrected chi connectivity index (χ2v) is 8.83. The van der Waals surface area contributed by atoms with Crippen LogP contribution in [0, 0.1) is 12.7 Å². The Morgan fingerprint density at radius 2 is 1.62 bits per heavy atom. The molecule has 1 aliphatic heterocycles. The molecule has 1 saturated heterocycles. The van der Waals surface area contributed by atoms with E-state index in [1.807, 2.05) is 17.0 Å². The number of aromatic nitrogens is 2. The fourth-order valence-electron chi connectivity index (χ4n) is 3.44. The van der Waals surface area contributed by atoms with Crippen LogP contribution in [0.1, 0.15) is 5.56 Å². The number of piperazine rings is 1. The summed E-state index contributed by atoms with van der Waals surface area (Å²) in [4.78, 5) is 11.0. The summed E-state index contributed by atoms with van der Waals surface area (Å²) in [5.74, 6) is 0.432. The molecular formula is C21H21FN4O2S. The molecule has 0 aliphatic carbocycles. The maximum absolute atomic E-state index is 13.2. The van der Waals surface area contributed by atoms with Crippen LogP contribution in [0.5, 0.6) is 0 Å². The zero-order valence-corrected chi connectivity index (χ0v) is 16.8. The Bertz CT molecular complexity index is 1110. The Labute approximate surface area is 169 Å². The first-order valence-electron chi connectivity index (χ1n) is 9.34. The van der Waals surface area contributed by atoms with Gasteiger partial charge in [0.05, 0.1) is 10.6 Å². The van der Waals surface area contributed by atoms with Gasteiger partial charge in [0.1, 0.15) is 18.0 Å². The van der Waals surface area contributed by atoms with Crippen molar-refractivity contribution in [1.29, 1.82) is 0 Å². The van der Waals surface area contributed by atoms with Gasteiger partial charge in [0.25, 0.3) is 0 Å². The van der Waals surface area contributed by atoms with Crippen molar-refractivity contribution < 1.29 is 12.8 Å². The molecule has 8 heteroatoms. The van der Waals surface area contributed by atoms with Gasteiger partial charge in [-0.1, -0.05) is 18.2 Å². The molecule has 0 spiro atoms. The molecule has 1 fully saturated rings. The van der Waals surface area contributed by atoms with Crippen molar-refractivity contribution in [1.82, 2.24) is 14.3 Å². The van der Waals surface area contributed by atoms with Gasteiger partial charge in [-0.05, 0) is 42.8 Å². The quantitative estimate of drug-likeness (QED) is 0.659. The highest BCUT2D eigenvalue weighted by atomic mass is 32.2. The molecule has 0 N–H and O–H groups in total. The van der Waals surface area contributed by atoms with Gasteiger partial charge in [-0.15, -0.1) is 0 Å². The molecule has 3 aromatic rings. The highest BCUT2D eigenvalue weighted by molar-refractivity contribution is 7.89. The van der Waals surface area contributed by atoms with Crippen LogP contribution in [-0.4, -0.2) is 48.9 Å². The molecule has 0 unspecified atom stereocenters. The van der Waals surface area contributed by atoms with Gasteiger partial charge >= 0.3 is 0 Å². The van der Waals surface area contributed by atoms with Crippen LogP contribution in [0.3, 0.4) is 0 Å². The van der Waals surface area contributed by atoms with Crippen molar-refractivity contribution in [2.45, 2.75) is 11.8 Å². The summed E-state index contributed by atoms with van der Waals surface area (Å²) >= 11 is 0. The van der Waals surface area contributed by atoms with Crippen molar-refractivity contribution in [2.75, 3.05) is 31.1 Å². The topological polar surface area (TPSA) is 66.4 Å². The van der Waals surface area contributed by atoms with E-state index in [1.54, 1.807) is 37.3 Å². The lowest BCUT2D eigenvalue weighted by atomic mass is 10.1. The van der Waals surface area contributed by atoms with E-state index in [4.69, 9.17) is 0 Å². The highest BCUT2D eigenvalue weighted by Crippen LogP contribution is 2.24. The fraction of sp³-hybridized carbons (Fsp3) is 0.238. The minimum Gasteiger partial charge on any atom is -0.354 e. The predicted molar refractivity (Wildman–Crippen MR) is 110 cm³/mol. The number of benzene rings is 2. The third kappa shape index (κ3) is 3.99. The van der Waals surface area contributed by atoms with Crippen LogP contribution in [0.25, 0.3) is 11.3 Å². The average Bonchev–Trinajstić information content (AvgIpc) is 2.75. The minimum atomic E-state index is -3.52. The van der Waals surface area contributed by atoms with Gasteiger partial charge < -0.3 is 4.90 Å². The summed E-state index contributed by atoms with van der Waals surface area (Å²) in [6.07, 6.45) is 1.48. The normalized spacial score (nSPS) is 15.4. The summed E-state index contributed by atoms with van der Waals surface area (Å²) in [5.41, 5.74) is 2.25. The second kappa shape index (κ2) is 7.88. The van der Waals surface area contributed by atoms with Crippen molar-refractivity contribution in [3.05, 3.63) is 72.3 Å². The van der Waals surface area contributed by atoms with Crippen molar-refractivity contribution in [2.24, 2.45) is 0 Å². The molecule has 2 heterocycles. The van der Waals surface area contributed by atoms with Crippen LogP contribution in [-0.2, 0) is 10.0 Å². The molecular weight excluding hydrogens is 391 g/mol. The van der Waals surface area contributed by atoms with Crippen LogP contribution >= 0.6 is 0 Å². The van der Waals surface area contributed by atoms with Gasteiger partial charge in [-0.3, -0.25) is 0 Å². The highest BCUT2D eigenvalue weighted by Gasteiger charge is 2.29. The van der Waals surface area contributed by atoms with E-state index >= 15 is 0 Å². The largest absolute Gasteiger partial charge is 0.354 e. The number of halogens is 1. The number of hydrogen-bond donors (Lipinski definition) is 0. The van der Waals surface area contributed by atoms with Crippen LogP contribution in [0.4, 0.5) is 10.2 Å². The predicted octanol–water partition coefficient (Wildman–Crippen LogP) is 3.10. The van der Waals surface area contributed by atoms with E-state index in [0.717, 1.165) is 16.9 Å². The number of rotatable bonds is 4. The lowest BCUT2D eigenvalue weighted by molar-refractivity contribution is 0.383. The standard InChI is InChI=1S/C21H21FN4O2S/c1-16-4-2-3-5-20(16)29(27,28)26-12-10-25(11-13-26)21-14-19(23-15-24-21)17-6-8-18(22)9-7-17/h2-9,14-15H,10-13H2,1H3. The van der Waals surface area contributed by atoms with E-state index in [0.29, 0.717) is 36.8 Å². The fourth-order valence-corrected chi connectivity index (χ4v) is 5.09. The Balaban J connectivity index is 1.50. The number of aryl methyl sites for hydroxylation is 1. The monoisotopic (exact) mass is 412 g/mol. The third-order valence-corrected chi connectivity index (χ3v) is 7.13. The first-order valence-corrected chi connectivity index (χ1v) is 10.8. The molecule has 4 rings (SSSR count). The maximum Gasteiger partial charge on any atom is 0.243 e. The molecule has 6 nitrogen and oxygen atoms in total. The minimum absolute atomic E-state index is 0.297. The Kier molecular flexibility index (Phi) is 5.29. The smallest absolute Gasteiger partial charge is 0.243 e. The number of hydrogen-bond acceptors (Lipinski definition) is 5. The van der Waals surface area contributed by atoms with Crippen LogP contribution < -0.4 is 4.90 Å². The summed E-state index contributed by atoms with van der Waals surface area (Å²) in [6, 6.07) is 15.0. The summed E-state index contributed by atoms with van der Waals surface area (Å²) in [5, 5.41) is 0. The summed E-state index contributed by atoms with van der Waals surface area (Å²) in [7, 11) is -3.52. The van der Waals surface area contributed by atoms with Gasteiger partial charge in [0.15, 0.2) is 0 Å². The van der Waals surface area contributed by atoms with E-state index in [9.17, 15) is 12.8 Å². The van der Waals surface area contributed by atoms with Crippen molar-refractivity contribution >= 4 is 15.8 Å². The second-order valence-electron chi connectivity index (χ2n) is 6.92. The van der Waals surface area contributed by atoms with Crippen LogP contribution in [0.2, 0.25) is 0 Å². The van der Waals surface area contributed by atoms with E-state index in [2.05, 4.69) is 9.97 Å². The van der Waals surface area contributed by atoms with E-state index in [1.165, 1.54) is 22.8 Å². The number of sulfonamides is 1. The van der Waals surface area contributed by atoms with Crippen molar-refractivity contribution in [3.8, 4) is 11.3 Å². The zero-order valence-electron chi connectivity index (χ0n) is 16.0. The molecule has 0 amide bonds.